The van der Waals surface area contributed by atoms with E-state index in [4.69, 9.17) is 0 Å². The van der Waals surface area contributed by atoms with E-state index in [2.05, 4.69) is 42.2 Å². The number of nitrogens with one attached hydrogen (secondary N) is 1. The molecule has 0 radical (unpaired) electrons. The fraction of sp³-hybridized carbons (Fsp3) is 0.211. The third kappa shape index (κ3) is 4.70. The van der Waals surface area contributed by atoms with Crippen LogP contribution in [0.5, 0.6) is 5.88 Å². The Hall–Kier alpha value is -4.73. The number of carbonyl (C=O) groups is 1. The fourth-order valence-corrected chi connectivity index (χ4v) is 2.69. The van der Waals surface area contributed by atoms with Crippen molar-refractivity contribution in [2.45, 2.75) is 19.9 Å². The van der Waals surface area contributed by atoms with Crippen LogP contribution in [0.25, 0.3) is 5.95 Å². The number of rotatable bonds is 8. The van der Waals surface area contributed by atoms with Gasteiger partial charge in [-0.3, -0.25) is 14.2 Å². The smallest absolute Gasteiger partial charge is 0.287 e. The highest BCUT2D eigenvalue weighted by atomic mass is 16.3. The van der Waals surface area contributed by atoms with E-state index >= 15 is 0 Å². The summed E-state index contributed by atoms with van der Waals surface area (Å²) in [6, 6.07) is 3.52. The lowest BCUT2D eigenvalue weighted by Crippen LogP contribution is -2.26. The lowest BCUT2D eigenvalue weighted by atomic mass is 10.1. The summed E-state index contributed by atoms with van der Waals surface area (Å²) in [4.78, 5) is 36.2. The highest BCUT2D eigenvalue weighted by Gasteiger charge is 2.19. The van der Waals surface area contributed by atoms with Crippen molar-refractivity contribution >= 4 is 17.5 Å². The summed E-state index contributed by atoms with van der Waals surface area (Å²) >= 11 is 0. The Morgan fingerprint density at radius 3 is 2.78 bits per heavy atom. The average Bonchev–Trinajstić information content (AvgIpc) is 3.28. The molecule has 0 bridgehead atoms. The van der Waals surface area contributed by atoms with Crippen LogP contribution in [0.2, 0.25) is 0 Å². The van der Waals surface area contributed by atoms with E-state index in [1.54, 1.807) is 18.5 Å². The number of amides is 1. The van der Waals surface area contributed by atoms with Gasteiger partial charge in [-0.2, -0.15) is 14.9 Å². The molecule has 0 aliphatic heterocycles. The zero-order valence-electron chi connectivity index (χ0n) is 17.0. The number of carbonyl (C=O) groups excluding carboxylic acids is 1. The minimum Gasteiger partial charge on any atom is -0.493 e. The van der Waals surface area contributed by atoms with Crippen LogP contribution < -0.4 is 10.9 Å². The molecule has 3 aromatic rings. The number of azo groups is 1. The fourth-order valence-electron chi connectivity index (χ4n) is 2.69. The lowest BCUT2D eigenvalue weighted by Gasteiger charge is -2.13. The molecule has 1 amide bonds. The zero-order valence-corrected chi connectivity index (χ0v) is 17.0. The molecule has 3 heterocycles. The summed E-state index contributed by atoms with van der Waals surface area (Å²) in [5, 5.41) is 34.2. The predicted octanol–water partition coefficient (Wildman–Crippen LogP) is 1.21. The molecule has 0 atom stereocenters. The van der Waals surface area contributed by atoms with E-state index in [9.17, 15) is 20.0 Å². The van der Waals surface area contributed by atoms with Gasteiger partial charge in [-0.25, -0.2) is 9.97 Å². The minimum atomic E-state index is -0.649. The number of aromatic hydroxyl groups is 1. The molecule has 0 saturated heterocycles. The molecular weight excluding hydrogens is 416 g/mol. The summed E-state index contributed by atoms with van der Waals surface area (Å²) in [5.74, 6) is -0.611. The second-order valence-corrected chi connectivity index (χ2v) is 6.33. The Balaban J connectivity index is 1.88. The van der Waals surface area contributed by atoms with Crippen LogP contribution in [-0.2, 0) is 11.3 Å². The van der Waals surface area contributed by atoms with Gasteiger partial charge in [-0.1, -0.05) is 6.58 Å². The third-order valence-electron chi connectivity index (χ3n) is 4.29. The van der Waals surface area contributed by atoms with E-state index < -0.39 is 11.4 Å². The summed E-state index contributed by atoms with van der Waals surface area (Å²) in [7, 11) is 0. The van der Waals surface area contributed by atoms with Gasteiger partial charge in [0.05, 0.1) is 0 Å². The molecule has 0 aromatic carbocycles. The van der Waals surface area contributed by atoms with E-state index in [1.165, 1.54) is 17.9 Å². The third-order valence-corrected chi connectivity index (χ3v) is 4.29. The van der Waals surface area contributed by atoms with E-state index in [0.29, 0.717) is 6.42 Å². The van der Waals surface area contributed by atoms with Gasteiger partial charge in [-0.15, -0.1) is 15.3 Å². The molecule has 2 N–H and O–H groups in total. The molecule has 0 saturated carbocycles. The van der Waals surface area contributed by atoms with Crippen molar-refractivity contribution in [2.75, 3.05) is 6.54 Å². The molecule has 32 heavy (non-hydrogen) atoms. The van der Waals surface area contributed by atoms with Gasteiger partial charge in [0.15, 0.2) is 5.69 Å². The van der Waals surface area contributed by atoms with Gasteiger partial charge < -0.3 is 10.4 Å². The highest BCUT2D eigenvalue weighted by molar-refractivity contribution is 5.86. The van der Waals surface area contributed by atoms with Crippen molar-refractivity contribution in [3.63, 3.8) is 0 Å². The van der Waals surface area contributed by atoms with Crippen molar-refractivity contribution in [3.05, 3.63) is 58.9 Å². The van der Waals surface area contributed by atoms with Crippen molar-refractivity contribution in [1.29, 1.82) is 5.26 Å². The molecule has 13 nitrogen and oxygen atoms in total. The summed E-state index contributed by atoms with van der Waals surface area (Å²) < 4.78 is 2.29. The Morgan fingerprint density at radius 1 is 1.34 bits per heavy atom. The molecule has 3 aromatic heterocycles. The van der Waals surface area contributed by atoms with Crippen LogP contribution in [0.1, 0.15) is 17.5 Å². The van der Waals surface area contributed by atoms with Gasteiger partial charge in [0.25, 0.3) is 17.5 Å². The maximum absolute atomic E-state index is 12.9. The molecule has 0 aliphatic rings. The maximum atomic E-state index is 12.9. The topological polar surface area (TPSA) is 176 Å². The standard InChI is InChI=1S/C19H18N10O3/c1-3-14(30)21-8-5-9-28-16(31)13(10-20)12(2)15(17(28)32)25-26-18-24-11-29(27-18)19-22-6-4-7-23-19/h3-4,6-7,11,31H,1,5,8-9H2,2H3,(H,21,30). The second kappa shape index (κ2) is 9.85. The molecule has 0 aliphatic carbocycles. The highest BCUT2D eigenvalue weighted by Crippen LogP contribution is 2.26. The number of hydrogen-bond donors (Lipinski definition) is 2. The maximum Gasteiger partial charge on any atom is 0.287 e. The van der Waals surface area contributed by atoms with Gasteiger partial charge in [-0.05, 0) is 25.5 Å². The van der Waals surface area contributed by atoms with Crippen molar-refractivity contribution < 1.29 is 9.90 Å². The van der Waals surface area contributed by atoms with Crippen LogP contribution in [0.4, 0.5) is 11.6 Å². The quantitative estimate of drug-likeness (QED) is 0.302. The van der Waals surface area contributed by atoms with Crippen LogP contribution in [-0.4, -0.2) is 46.9 Å². The van der Waals surface area contributed by atoms with Crippen molar-refractivity contribution in [3.8, 4) is 17.9 Å². The monoisotopic (exact) mass is 434 g/mol. The number of nitriles is 1. The van der Waals surface area contributed by atoms with Gasteiger partial charge in [0.1, 0.15) is 18.0 Å². The first kappa shape index (κ1) is 22.0. The van der Waals surface area contributed by atoms with Gasteiger partial charge >= 0.3 is 0 Å². The summed E-state index contributed by atoms with van der Waals surface area (Å²) in [6.07, 6.45) is 5.87. The molecule has 0 unspecified atom stereocenters. The Morgan fingerprint density at radius 2 is 2.09 bits per heavy atom. The number of hydrogen-bond acceptors (Lipinski definition) is 10. The number of nitrogens with zero attached hydrogens (tertiary/aromatic N) is 9. The van der Waals surface area contributed by atoms with Crippen LogP contribution in [0, 0.1) is 18.3 Å². The van der Waals surface area contributed by atoms with Crippen LogP contribution in [0.3, 0.4) is 0 Å². The Kier molecular flexibility index (Phi) is 6.76. The SMILES string of the molecule is C=CC(=O)NCCCn1c(O)c(C#N)c(C)c(N=Nc2ncn(-c3ncccn3)n2)c1=O. The molecule has 0 fully saturated rings. The Labute approximate surface area is 181 Å². The summed E-state index contributed by atoms with van der Waals surface area (Å²) in [6.45, 7) is 5.11. The first-order chi connectivity index (χ1) is 15.5. The largest absolute Gasteiger partial charge is 0.493 e. The first-order valence-corrected chi connectivity index (χ1v) is 9.33. The Bertz CT molecular complexity index is 1270. The number of aromatic nitrogens is 6. The summed E-state index contributed by atoms with van der Waals surface area (Å²) in [5.41, 5.74) is -0.726. The van der Waals surface area contributed by atoms with E-state index in [-0.39, 0.29) is 47.7 Å². The van der Waals surface area contributed by atoms with Crippen molar-refractivity contribution in [1.82, 2.24) is 34.6 Å². The number of pyridine rings is 1. The predicted molar refractivity (Wildman–Crippen MR) is 111 cm³/mol. The molecular formula is C19H18N10O3. The minimum absolute atomic E-state index is 0.0395. The van der Waals surface area contributed by atoms with E-state index in [1.807, 2.05) is 6.07 Å². The van der Waals surface area contributed by atoms with Crippen LogP contribution >= 0.6 is 0 Å². The average molecular weight is 434 g/mol. The molecule has 0 spiro atoms. The zero-order chi connectivity index (χ0) is 23.1. The second-order valence-electron chi connectivity index (χ2n) is 6.33. The first-order valence-electron chi connectivity index (χ1n) is 9.33. The molecule has 13 heteroatoms. The normalized spacial score (nSPS) is 10.8. The van der Waals surface area contributed by atoms with Gasteiger partial charge in [0, 0.05) is 31.0 Å². The molecule has 162 valence electrons. The lowest BCUT2D eigenvalue weighted by molar-refractivity contribution is -0.116. The van der Waals surface area contributed by atoms with Crippen molar-refractivity contribution in [2.24, 2.45) is 10.2 Å². The van der Waals surface area contributed by atoms with E-state index in [0.717, 1.165) is 10.6 Å². The van der Waals surface area contributed by atoms with Crippen LogP contribution in [0.15, 0.2) is 52.5 Å². The molecule has 3 rings (SSSR count). The van der Waals surface area contributed by atoms with Gasteiger partial charge in [0.2, 0.25) is 11.8 Å².